The first kappa shape index (κ1) is 14.2. The fourth-order valence-electron chi connectivity index (χ4n) is 2.10. The molecule has 0 amide bonds. The number of benzene rings is 1. The summed E-state index contributed by atoms with van der Waals surface area (Å²) in [6.07, 6.45) is 0.980. The largest absolute Gasteiger partial charge is 0.330 e. The van der Waals surface area contributed by atoms with Gasteiger partial charge in [0.25, 0.3) is 0 Å². The van der Waals surface area contributed by atoms with Crippen LogP contribution in [0, 0.1) is 20.8 Å². The van der Waals surface area contributed by atoms with Crippen LogP contribution < -0.4 is 5.73 Å². The minimum atomic E-state index is 0.357. The molecule has 0 spiro atoms. The van der Waals surface area contributed by atoms with Gasteiger partial charge < -0.3 is 5.73 Å². The highest BCUT2D eigenvalue weighted by atomic mass is 32.1. The van der Waals surface area contributed by atoms with E-state index in [1.54, 1.807) is 0 Å². The van der Waals surface area contributed by atoms with Crippen LogP contribution in [0.25, 0.3) is 0 Å². The van der Waals surface area contributed by atoms with Gasteiger partial charge in [0.1, 0.15) is 0 Å². The molecule has 1 aromatic carbocycles. The van der Waals surface area contributed by atoms with Crippen molar-refractivity contribution in [3.8, 4) is 0 Å². The summed E-state index contributed by atoms with van der Waals surface area (Å²) in [5, 5.41) is 1.17. The second kappa shape index (κ2) is 5.85. The van der Waals surface area contributed by atoms with Crippen molar-refractivity contribution in [2.45, 2.75) is 40.0 Å². The molecule has 0 aliphatic heterocycles. The maximum atomic E-state index is 5.73. The zero-order valence-electron chi connectivity index (χ0n) is 12.2. The van der Waals surface area contributed by atoms with E-state index in [0.717, 1.165) is 12.1 Å². The van der Waals surface area contributed by atoms with Gasteiger partial charge in [-0.3, -0.25) is 0 Å². The summed E-state index contributed by atoms with van der Waals surface area (Å²) in [6.45, 7) is 9.27. The van der Waals surface area contributed by atoms with Crippen LogP contribution >= 0.6 is 11.3 Å². The molecule has 1 atom stereocenters. The maximum absolute atomic E-state index is 5.73. The van der Waals surface area contributed by atoms with Crippen molar-refractivity contribution in [3.05, 3.63) is 50.5 Å². The van der Waals surface area contributed by atoms with Gasteiger partial charge in [-0.1, -0.05) is 25.1 Å². The fourth-order valence-corrected chi connectivity index (χ4v) is 3.26. The third-order valence-electron chi connectivity index (χ3n) is 3.75. The highest BCUT2D eigenvalue weighted by Crippen LogP contribution is 2.27. The Bertz CT molecular complexity index is 572. The van der Waals surface area contributed by atoms with E-state index in [1.807, 2.05) is 11.3 Å². The van der Waals surface area contributed by atoms with Crippen LogP contribution in [0.15, 0.2) is 18.2 Å². The quantitative estimate of drug-likeness (QED) is 0.923. The van der Waals surface area contributed by atoms with Gasteiger partial charge in [0.2, 0.25) is 0 Å². The minimum Gasteiger partial charge on any atom is -0.330 e. The Morgan fingerprint density at radius 3 is 2.68 bits per heavy atom. The summed E-state index contributed by atoms with van der Waals surface area (Å²) >= 11 is 1.81. The predicted octanol–water partition coefficient (Wildman–Crippen LogP) is 3.72. The molecule has 3 heteroatoms. The van der Waals surface area contributed by atoms with Gasteiger partial charge in [-0.15, -0.1) is 11.3 Å². The molecule has 1 unspecified atom stereocenters. The first-order chi connectivity index (χ1) is 9.02. The molecule has 0 saturated carbocycles. The molecule has 2 nitrogen and oxygen atoms in total. The fraction of sp³-hybridized carbons (Fsp3) is 0.438. The molecule has 2 aromatic rings. The molecule has 0 fully saturated rings. The number of thiazole rings is 1. The number of nitrogens with two attached hydrogens (primary N) is 1. The van der Waals surface area contributed by atoms with E-state index in [1.165, 1.54) is 26.6 Å². The Balaban J connectivity index is 2.28. The number of rotatable bonds is 4. The van der Waals surface area contributed by atoms with Crippen LogP contribution in [0.3, 0.4) is 0 Å². The van der Waals surface area contributed by atoms with Gasteiger partial charge >= 0.3 is 0 Å². The summed E-state index contributed by atoms with van der Waals surface area (Å²) < 4.78 is 0. The maximum Gasteiger partial charge on any atom is 0.0971 e. The molecule has 0 saturated heterocycles. The third-order valence-corrected chi connectivity index (χ3v) is 5.14. The molecule has 2 N–H and O–H groups in total. The average molecular weight is 274 g/mol. The lowest BCUT2D eigenvalue weighted by molar-refractivity contribution is 0.763. The molecule has 2 rings (SSSR count). The van der Waals surface area contributed by atoms with Crippen LogP contribution in [0.4, 0.5) is 0 Å². The van der Waals surface area contributed by atoms with Gasteiger partial charge in [-0.25, -0.2) is 4.98 Å². The average Bonchev–Trinajstić information content (AvgIpc) is 2.75. The number of aromatic nitrogens is 1. The Labute approximate surface area is 119 Å². The molecule has 0 bridgehead atoms. The van der Waals surface area contributed by atoms with E-state index in [2.05, 4.69) is 50.9 Å². The van der Waals surface area contributed by atoms with Gasteiger partial charge in [-0.05, 0) is 37.5 Å². The number of hydrogen-bond donors (Lipinski definition) is 1. The van der Waals surface area contributed by atoms with Crippen LogP contribution in [-0.2, 0) is 6.42 Å². The number of hydrogen-bond acceptors (Lipinski definition) is 3. The van der Waals surface area contributed by atoms with Crippen LogP contribution in [0.5, 0.6) is 0 Å². The molecule has 0 aliphatic carbocycles. The summed E-state index contributed by atoms with van der Waals surface area (Å²) in [6, 6.07) is 6.52. The van der Waals surface area contributed by atoms with E-state index in [9.17, 15) is 0 Å². The Hall–Kier alpha value is -1.19. The molecule has 19 heavy (non-hydrogen) atoms. The number of aryl methyl sites for hydroxylation is 2. The van der Waals surface area contributed by atoms with Gasteiger partial charge in [-0.2, -0.15) is 0 Å². The lowest BCUT2D eigenvalue weighted by atomic mass is 10.0. The topological polar surface area (TPSA) is 38.9 Å². The first-order valence-corrected chi connectivity index (χ1v) is 7.56. The van der Waals surface area contributed by atoms with Crippen molar-refractivity contribution in [2.24, 2.45) is 5.73 Å². The standard InChI is InChI=1S/C16H22N2S/c1-10-6-5-7-14(12(10)3)8-15-13(4)18-16(19-15)11(2)9-17/h5-7,11H,8-9,17H2,1-4H3. The summed E-state index contributed by atoms with van der Waals surface area (Å²) in [7, 11) is 0. The molecule has 1 heterocycles. The Morgan fingerprint density at radius 1 is 1.26 bits per heavy atom. The third kappa shape index (κ3) is 3.04. The van der Waals surface area contributed by atoms with E-state index >= 15 is 0 Å². The summed E-state index contributed by atoms with van der Waals surface area (Å²) in [4.78, 5) is 6.03. The van der Waals surface area contributed by atoms with Crippen molar-refractivity contribution in [1.29, 1.82) is 0 Å². The van der Waals surface area contributed by atoms with Crippen molar-refractivity contribution < 1.29 is 0 Å². The SMILES string of the molecule is Cc1cccc(Cc2sc(C(C)CN)nc2C)c1C. The monoisotopic (exact) mass is 274 g/mol. The van der Waals surface area contributed by atoms with Crippen LogP contribution in [0.2, 0.25) is 0 Å². The van der Waals surface area contributed by atoms with E-state index < -0.39 is 0 Å². The smallest absolute Gasteiger partial charge is 0.0971 e. The van der Waals surface area contributed by atoms with Gasteiger partial charge in [0.15, 0.2) is 0 Å². The summed E-state index contributed by atoms with van der Waals surface area (Å²) in [5.74, 6) is 0.357. The molecular weight excluding hydrogens is 252 g/mol. The van der Waals surface area contributed by atoms with Gasteiger partial charge in [0.05, 0.1) is 10.7 Å². The molecular formula is C16H22N2S. The van der Waals surface area contributed by atoms with Crippen molar-refractivity contribution in [3.63, 3.8) is 0 Å². The lowest BCUT2D eigenvalue weighted by Gasteiger charge is -2.07. The molecule has 0 radical (unpaired) electrons. The van der Waals surface area contributed by atoms with Crippen molar-refractivity contribution in [2.75, 3.05) is 6.54 Å². The molecule has 0 aliphatic rings. The second-order valence-corrected chi connectivity index (χ2v) is 6.35. The highest BCUT2D eigenvalue weighted by molar-refractivity contribution is 7.11. The van der Waals surface area contributed by atoms with E-state index in [4.69, 9.17) is 5.73 Å². The summed E-state index contributed by atoms with van der Waals surface area (Å²) in [5.41, 5.74) is 11.0. The Morgan fingerprint density at radius 2 is 2.00 bits per heavy atom. The van der Waals surface area contributed by atoms with E-state index in [0.29, 0.717) is 12.5 Å². The minimum absolute atomic E-state index is 0.357. The lowest BCUT2D eigenvalue weighted by Crippen LogP contribution is -2.08. The number of nitrogens with zero attached hydrogens (tertiary/aromatic N) is 1. The van der Waals surface area contributed by atoms with Gasteiger partial charge in [0, 0.05) is 23.8 Å². The zero-order chi connectivity index (χ0) is 14.0. The van der Waals surface area contributed by atoms with Crippen molar-refractivity contribution in [1.82, 2.24) is 4.98 Å². The predicted molar refractivity (Wildman–Crippen MR) is 83.0 cm³/mol. The zero-order valence-corrected chi connectivity index (χ0v) is 13.0. The highest BCUT2D eigenvalue weighted by Gasteiger charge is 2.13. The van der Waals surface area contributed by atoms with Crippen LogP contribution in [0.1, 0.15) is 45.1 Å². The molecule has 102 valence electrons. The second-order valence-electron chi connectivity index (χ2n) is 5.23. The van der Waals surface area contributed by atoms with Crippen LogP contribution in [-0.4, -0.2) is 11.5 Å². The first-order valence-electron chi connectivity index (χ1n) is 6.74. The molecule has 1 aromatic heterocycles. The normalized spacial score (nSPS) is 12.7. The van der Waals surface area contributed by atoms with E-state index in [-0.39, 0.29) is 0 Å². The van der Waals surface area contributed by atoms with Crippen molar-refractivity contribution >= 4 is 11.3 Å². The Kier molecular flexibility index (Phi) is 4.38.